The number of thiazole rings is 1. The van der Waals surface area contributed by atoms with Crippen molar-refractivity contribution in [2.75, 3.05) is 32.6 Å². The predicted octanol–water partition coefficient (Wildman–Crippen LogP) is 3.46. The first-order valence-corrected chi connectivity index (χ1v) is 10.1. The quantitative estimate of drug-likeness (QED) is 0.447. The normalized spacial score (nSPS) is 11.5. The van der Waals surface area contributed by atoms with Crippen LogP contribution >= 0.6 is 11.3 Å². The van der Waals surface area contributed by atoms with E-state index in [2.05, 4.69) is 25.3 Å². The minimum atomic E-state index is -2.91. The second-order valence-electron chi connectivity index (χ2n) is 6.29. The smallest absolute Gasteiger partial charge is 0.387 e. The van der Waals surface area contributed by atoms with Gasteiger partial charge in [0.2, 0.25) is 0 Å². The van der Waals surface area contributed by atoms with Crippen molar-refractivity contribution >= 4 is 22.4 Å². The lowest BCUT2D eigenvalue weighted by Crippen LogP contribution is -2.36. The second kappa shape index (κ2) is 11.4. The molecule has 0 spiro atoms. The molecule has 10 heteroatoms. The number of benzene rings is 1. The largest absolute Gasteiger partial charge is 0.493 e. The number of nitrogens with zero attached hydrogens (tertiary/aromatic N) is 3. The van der Waals surface area contributed by atoms with Gasteiger partial charge in [-0.3, -0.25) is 4.99 Å². The van der Waals surface area contributed by atoms with Crippen LogP contribution in [0.4, 0.5) is 13.9 Å². The highest BCUT2D eigenvalue weighted by Crippen LogP contribution is 2.26. The molecule has 2 N–H and O–H groups in total. The number of rotatable bonds is 10. The van der Waals surface area contributed by atoms with Crippen molar-refractivity contribution in [2.45, 2.75) is 33.0 Å². The Hall–Kier alpha value is -2.62. The predicted molar refractivity (Wildman–Crippen MR) is 112 cm³/mol. The Balaban J connectivity index is 1.97. The summed E-state index contributed by atoms with van der Waals surface area (Å²) in [5.74, 6) is 1.10. The van der Waals surface area contributed by atoms with Crippen molar-refractivity contribution in [1.82, 2.24) is 15.6 Å². The van der Waals surface area contributed by atoms with Crippen molar-refractivity contribution in [3.8, 4) is 11.5 Å². The average molecular weight is 428 g/mol. The molecule has 0 atom stereocenters. The monoisotopic (exact) mass is 427 g/mol. The van der Waals surface area contributed by atoms with E-state index in [1.807, 2.05) is 31.3 Å². The lowest BCUT2D eigenvalue weighted by atomic mass is 10.2. The van der Waals surface area contributed by atoms with Gasteiger partial charge in [0.15, 0.2) is 11.1 Å². The summed E-state index contributed by atoms with van der Waals surface area (Å²) in [4.78, 5) is 10.6. The number of anilines is 1. The summed E-state index contributed by atoms with van der Waals surface area (Å²) in [6.07, 6.45) is 0.825. The Morgan fingerprint density at radius 1 is 1.28 bits per heavy atom. The van der Waals surface area contributed by atoms with Gasteiger partial charge in [-0.15, -0.1) is 11.3 Å². The van der Waals surface area contributed by atoms with Crippen LogP contribution in [-0.4, -0.2) is 45.3 Å². The summed E-state index contributed by atoms with van der Waals surface area (Å²) in [5.41, 5.74) is 1.46. The number of halogens is 2. The Kier molecular flexibility index (Phi) is 8.91. The SMILES string of the molecule is CCCOc1ccc(CNC(=NC)NCc2csc(N(C)C)n2)c(OC(F)F)c1. The Morgan fingerprint density at radius 2 is 2.03 bits per heavy atom. The summed E-state index contributed by atoms with van der Waals surface area (Å²) in [6, 6.07) is 4.92. The highest BCUT2D eigenvalue weighted by atomic mass is 32.1. The molecule has 0 fully saturated rings. The maximum atomic E-state index is 12.8. The lowest BCUT2D eigenvalue weighted by Gasteiger charge is -2.15. The van der Waals surface area contributed by atoms with Gasteiger partial charge in [0, 0.05) is 44.7 Å². The number of hydrogen-bond donors (Lipinski definition) is 2. The molecule has 29 heavy (non-hydrogen) atoms. The molecule has 1 heterocycles. The fourth-order valence-electron chi connectivity index (χ4n) is 2.35. The van der Waals surface area contributed by atoms with Gasteiger partial charge < -0.3 is 25.0 Å². The summed E-state index contributed by atoms with van der Waals surface area (Å²) in [6.45, 7) is 0.321. The summed E-state index contributed by atoms with van der Waals surface area (Å²) in [5, 5.41) is 9.15. The molecule has 0 aliphatic rings. The number of alkyl halides is 2. The van der Waals surface area contributed by atoms with E-state index in [1.165, 1.54) is 6.07 Å². The fraction of sp³-hybridized carbons (Fsp3) is 0.474. The third-order valence-corrected chi connectivity index (χ3v) is 4.81. The number of guanidine groups is 1. The Morgan fingerprint density at radius 3 is 2.66 bits per heavy atom. The standard InChI is InChI=1S/C19H27F2N5O2S/c1-5-8-27-15-7-6-13(16(9-15)28-17(20)21)10-23-18(22-2)24-11-14-12-29-19(25-14)26(3)4/h6-7,9,12,17H,5,8,10-11H2,1-4H3,(H2,22,23,24). The first-order valence-electron chi connectivity index (χ1n) is 9.19. The molecular formula is C19H27F2N5O2S. The van der Waals surface area contributed by atoms with Gasteiger partial charge in [0.25, 0.3) is 0 Å². The van der Waals surface area contributed by atoms with Crippen LogP contribution in [0.3, 0.4) is 0 Å². The van der Waals surface area contributed by atoms with Crippen LogP contribution < -0.4 is 25.0 Å². The molecule has 0 unspecified atom stereocenters. The molecule has 1 aromatic carbocycles. The van der Waals surface area contributed by atoms with Crippen LogP contribution in [0.2, 0.25) is 0 Å². The summed E-state index contributed by atoms with van der Waals surface area (Å²) < 4.78 is 35.7. The van der Waals surface area contributed by atoms with Crippen molar-refractivity contribution < 1.29 is 18.3 Å². The van der Waals surface area contributed by atoms with Crippen molar-refractivity contribution in [2.24, 2.45) is 4.99 Å². The maximum absolute atomic E-state index is 12.8. The molecule has 2 rings (SSSR count). The van der Waals surface area contributed by atoms with E-state index in [-0.39, 0.29) is 12.3 Å². The van der Waals surface area contributed by atoms with Crippen LogP contribution in [0.25, 0.3) is 0 Å². The van der Waals surface area contributed by atoms with Gasteiger partial charge >= 0.3 is 6.61 Å². The van der Waals surface area contributed by atoms with E-state index in [4.69, 9.17) is 4.74 Å². The average Bonchev–Trinajstić information content (AvgIpc) is 3.16. The molecule has 0 amide bonds. The maximum Gasteiger partial charge on any atom is 0.387 e. The van der Waals surface area contributed by atoms with E-state index in [0.29, 0.717) is 30.4 Å². The fourth-order valence-corrected chi connectivity index (χ4v) is 3.11. The first kappa shape index (κ1) is 22.7. The topological polar surface area (TPSA) is 71.0 Å². The van der Waals surface area contributed by atoms with Gasteiger partial charge in [-0.2, -0.15) is 8.78 Å². The zero-order valence-corrected chi connectivity index (χ0v) is 17.9. The van der Waals surface area contributed by atoms with Crippen LogP contribution in [-0.2, 0) is 13.1 Å². The molecule has 0 aliphatic carbocycles. The zero-order chi connectivity index (χ0) is 21.2. The number of aliphatic imine (C=N–C) groups is 1. The van der Waals surface area contributed by atoms with E-state index >= 15 is 0 Å². The van der Waals surface area contributed by atoms with E-state index in [0.717, 1.165) is 17.2 Å². The van der Waals surface area contributed by atoms with Crippen LogP contribution in [0, 0.1) is 0 Å². The highest BCUT2D eigenvalue weighted by Gasteiger charge is 2.12. The molecular weight excluding hydrogens is 400 g/mol. The zero-order valence-electron chi connectivity index (χ0n) is 17.0. The van der Waals surface area contributed by atoms with Gasteiger partial charge in [-0.25, -0.2) is 4.98 Å². The second-order valence-corrected chi connectivity index (χ2v) is 7.13. The summed E-state index contributed by atoms with van der Waals surface area (Å²) in [7, 11) is 5.52. The van der Waals surface area contributed by atoms with Crippen molar-refractivity contribution in [3.63, 3.8) is 0 Å². The van der Waals surface area contributed by atoms with Crippen LogP contribution in [0.1, 0.15) is 24.6 Å². The third kappa shape index (κ3) is 7.37. The molecule has 2 aromatic rings. The molecule has 0 aliphatic heterocycles. The Bertz CT molecular complexity index is 799. The van der Waals surface area contributed by atoms with E-state index in [1.54, 1.807) is 30.5 Å². The lowest BCUT2D eigenvalue weighted by molar-refractivity contribution is -0.0505. The van der Waals surface area contributed by atoms with Gasteiger partial charge in [-0.05, 0) is 18.6 Å². The van der Waals surface area contributed by atoms with Crippen molar-refractivity contribution in [3.05, 3.63) is 34.8 Å². The highest BCUT2D eigenvalue weighted by molar-refractivity contribution is 7.13. The van der Waals surface area contributed by atoms with Crippen LogP contribution in [0.5, 0.6) is 11.5 Å². The number of ether oxygens (including phenoxy) is 2. The van der Waals surface area contributed by atoms with Gasteiger partial charge in [0.05, 0.1) is 18.8 Å². The summed E-state index contributed by atoms with van der Waals surface area (Å²) >= 11 is 1.56. The first-order chi connectivity index (χ1) is 13.9. The molecule has 0 saturated heterocycles. The number of nitrogens with one attached hydrogen (secondary N) is 2. The number of aromatic nitrogens is 1. The molecule has 0 radical (unpaired) electrons. The molecule has 7 nitrogen and oxygen atoms in total. The third-order valence-electron chi connectivity index (χ3n) is 3.76. The Labute approximate surface area is 173 Å². The minimum absolute atomic E-state index is 0.0756. The molecule has 0 saturated carbocycles. The van der Waals surface area contributed by atoms with E-state index < -0.39 is 6.61 Å². The van der Waals surface area contributed by atoms with Gasteiger partial charge in [-0.1, -0.05) is 6.92 Å². The molecule has 1 aromatic heterocycles. The molecule has 160 valence electrons. The molecule has 0 bridgehead atoms. The number of hydrogen-bond acceptors (Lipinski definition) is 6. The van der Waals surface area contributed by atoms with Crippen LogP contribution in [0.15, 0.2) is 28.6 Å². The van der Waals surface area contributed by atoms with Gasteiger partial charge in [0.1, 0.15) is 11.5 Å². The van der Waals surface area contributed by atoms with Crippen molar-refractivity contribution in [1.29, 1.82) is 0 Å². The van der Waals surface area contributed by atoms with E-state index in [9.17, 15) is 8.78 Å². The minimum Gasteiger partial charge on any atom is -0.493 e.